The Hall–Kier alpha value is -2.69. The van der Waals surface area contributed by atoms with Crippen LogP contribution in [-0.4, -0.2) is 74.4 Å². The molecule has 35 heavy (non-hydrogen) atoms. The van der Waals surface area contributed by atoms with E-state index in [9.17, 15) is 13.2 Å². The molecular weight excluding hydrogens is 484 g/mol. The third-order valence-corrected chi connectivity index (χ3v) is 9.99. The van der Waals surface area contributed by atoms with E-state index in [0.717, 1.165) is 40.4 Å². The Kier molecular flexibility index (Phi) is 6.69. The van der Waals surface area contributed by atoms with Gasteiger partial charge in [0.2, 0.25) is 10.0 Å². The Balaban J connectivity index is 1.24. The number of rotatable bonds is 5. The van der Waals surface area contributed by atoms with Gasteiger partial charge in [0.25, 0.3) is 5.91 Å². The molecule has 5 rings (SSSR count). The van der Waals surface area contributed by atoms with E-state index in [0.29, 0.717) is 38.3 Å². The molecule has 0 radical (unpaired) electrons. The largest absolute Gasteiger partial charge is 0.494 e. The molecule has 1 amide bonds. The van der Waals surface area contributed by atoms with Gasteiger partial charge in [-0.2, -0.15) is 4.31 Å². The molecule has 186 valence electrons. The highest BCUT2D eigenvalue weighted by Crippen LogP contribution is 2.34. The van der Waals surface area contributed by atoms with Gasteiger partial charge >= 0.3 is 0 Å². The third-order valence-electron chi connectivity index (χ3n) is 6.88. The summed E-state index contributed by atoms with van der Waals surface area (Å²) >= 11 is 1.63. The summed E-state index contributed by atoms with van der Waals surface area (Å²) in [6, 6.07) is 12.3. The minimum atomic E-state index is -3.55. The van der Waals surface area contributed by atoms with Crippen molar-refractivity contribution in [3.8, 4) is 5.75 Å². The lowest BCUT2D eigenvalue weighted by molar-refractivity contribution is 0.0746. The number of para-hydroxylation sites is 1. The maximum absolute atomic E-state index is 13.1. The number of methoxy groups -OCH3 is 1. The summed E-state index contributed by atoms with van der Waals surface area (Å²) in [4.78, 5) is 22.1. The zero-order valence-corrected chi connectivity index (χ0v) is 21.6. The Morgan fingerprint density at radius 1 is 1.03 bits per heavy atom. The topological polar surface area (TPSA) is 83.0 Å². The number of amides is 1. The van der Waals surface area contributed by atoms with Crippen LogP contribution >= 0.6 is 11.3 Å². The number of fused-ring (bicyclic) bond motifs is 1. The molecule has 0 N–H and O–H groups in total. The van der Waals surface area contributed by atoms with E-state index in [1.54, 1.807) is 47.0 Å². The summed E-state index contributed by atoms with van der Waals surface area (Å²) in [6.45, 7) is 5.05. The summed E-state index contributed by atoms with van der Waals surface area (Å²) in [5, 5.41) is 0.929. The maximum atomic E-state index is 13.1. The average Bonchev–Trinajstić information content (AvgIpc) is 3.33. The van der Waals surface area contributed by atoms with Crippen LogP contribution in [0, 0.1) is 0 Å². The minimum Gasteiger partial charge on any atom is -0.494 e. The normalized spacial score (nSPS) is 19.8. The van der Waals surface area contributed by atoms with Gasteiger partial charge in [-0.05, 0) is 56.2 Å². The fourth-order valence-electron chi connectivity index (χ4n) is 4.83. The summed E-state index contributed by atoms with van der Waals surface area (Å²) in [7, 11) is -1.90. The van der Waals surface area contributed by atoms with Crippen LogP contribution < -0.4 is 9.64 Å². The Morgan fingerprint density at radius 3 is 2.46 bits per heavy atom. The van der Waals surface area contributed by atoms with Gasteiger partial charge in [-0.1, -0.05) is 23.8 Å². The molecule has 8 nitrogen and oxygen atoms in total. The average molecular weight is 515 g/mol. The van der Waals surface area contributed by atoms with Crippen LogP contribution in [0.5, 0.6) is 5.75 Å². The zero-order chi connectivity index (χ0) is 24.6. The summed E-state index contributed by atoms with van der Waals surface area (Å²) < 4.78 is 34.2. The minimum absolute atomic E-state index is 0.00266. The van der Waals surface area contributed by atoms with Crippen molar-refractivity contribution < 1.29 is 17.9 Å². The number of carbonyl (C=O) groups excluding carboxylic acids is 1. The highest BCUT2D eigenvalue weighted by molar-refractivity contribution is 7.89. The van der Waals surface area contributed by atoms with E-state index < -0.39 is 10.0 Å². The van der Waals surface area contributed by atoms with Gasteiger partial charge in [-0.15, -0.1) is 0 Å². The molecule has 1 aromatic heterocycles. The van der Waals surface area contributed by atoms with Crippen LogP contribution in [0.4, 0.5) is 5.13 Å². The van der Waals surface area contributed by atoms with Crippen LogP contribution in [-0.2, 0) is 10.0 Å². The van der Waals surface area contributed by atoms with Crippen LogP contribution in [0.2, 0.25) is 0 Å². The van der Waals surface area contributed by atoms with Gasteiger partial charge < -0.3 is 14.5 Å². The Labute approximate surface area is 210 Å². The van der Waals surface area contributed by atoms with E-state index >= 15 is 0 Å². The van der Waals surface area contributed by atoms with Crippen molar-refractivity contribution in [1.82, 2.24) is 14.2 Å². The number of piperidine rings is 1. The molecule has 0 bridgehead atoms. The highest BCUT2D eigenvalue weighted by Gasteiger charge is 2.31. The predicted molar refractivity (Wildman–Crippen MR) is 138 cm³/mol. The van der Waals surface area contributed by atoms with Crippen molar-refractivity contribution in [2.24, 2.45) is 0 Å². The van der Waals surface area contributed by atoms with Gasteiger partial charge in [0.15, 0.2) is 5.13 Å². The van der Waals surface area contributed by atoms with Crippen molar-refractivity contribution >= 4 is 42.6 Å². The Bertz CT molecular complexity index is 1310. The highest BCUT2D eigenvalue weighted by atomic mass is 32.2. The molecule has 1 unspecified atom stereocenters. The lowest BCUT2D eigenvalue weighted by atomic mass is 10.1. The number of ether oxygens (including phenoxy) is 1. The SMILES string of the molecule is COc1cccc2sc(N3CCN(C(=O)c4ccc(S(=O)(=O)N5CCCCC5C)cc4)CC3)nc12. The molecule has 0 saturated carbocycles. The van der Waals surface area contributed by atoms with Crippen LogP contribution in [0.3, 0.4) is 0 Å². The standard InChI is InChI=1S/C25H30N4O4S2/c1-18-6-3-4-13-29(18)35(31,32)20-11-9-19(10-12-20)24(30)27-14-16-28(17-15-27)25-26-23-21(33-2)7-5-8-22(23)34-25/h5,7-12,18H,3-4,6,13-17H2,1-2H3. The number of thiazole rings is 1. The smallest absolute Gasteiger partial charge is 0.253 e. The second-order valence-corrected chi connectivity index (χ2v) is 12.0. The molecule has 2 aliphatic rings. The quantitative estimate of drug-likeness (QED) is 0.515. The van der Waals surface area contributed by atoms with E-state index in [-0.39, 0.29) is 16.8 Å². The van der Waals surface area contributed by atoms with E-state index in [2.05, 4.69) is 4.90 Å². The van der Waals surface area contributed by atoms with E-state index in [1.165, 1.54) is 0 Å². The third kappa shape index (κ3) is 4.62. The molecule has 3 heterocycles. The molecule has 0 spiro atoms. The van der Waals surface area contributed by atoms with Crippen LogP contribution in [0.1, 0.15) is 36.5 Å². The van der Waals surface area contributed by atoms with E-state index in [4.69, 9.17) is 9.72 Å². The van der Waals surface area contributed by atoms with Gasteiger partial charge in [-0.3, -0.25) is 4.79 Å². The molecule has 0 aliphatic carbocycles. The maximum Gasteiger partial charge on any atom is 0.253 e. The summed E-state index contributed by atoms with van der Waals surface area (Å²) in [6.07, 6.45) is 2.82. The van der Waals surface area contributed by atoms with Gasteiger partial charge in [0.05, 0.1) is 16.7 Å². The number of nitrogens with zero attached hydrogens (tertiary/aromatic N) is 4. The van der Waals surface area contributed by atoms with Crippen molar-refractivity contribution in [2.75, 3.05) is 44.7 Å². The fraction of sp³-hybridized carbons (Fsp3) is 0.440. The number of aromatic nitrogens is 1. The summed E-state index contributed by atoms with van der Waals surface area (Å²) in [5.41, 5.74) is 1.37. The first-order valence-corrected chi connectivity index (χ1v) is 14.2. The zero-order valence-electron chi connectivity index (χ0n) is 20.0. The number of sulfonamides is 1. The molecule has 2 fully saturated rings. The number of hydrogen-bond donors (Lipinski definition) is 0. The van der Waals surface area contributed by atoms with Crippen molar-refractivity contribution in [2.45, 2.75) is 37.1 Å². The second kappa shape index (κ2) is 9.75. The van der Waals surface area contributed by atoms with Crippen molar-refractivity contribution in [1.29, 1.82) is 0 Å². The van der Waals surface area contributed by atoms with E-state index in [1.807, 2.05) is 30.0 Å². The number of carbonyl (C=O) groups is 1. The molecule has 2 saturated heterocycles. The number of piperazine rings is 1. The second-order valence-electron chi connectivity index (χ2n) is 9.07. The first-order valence-electron chi connectivity index (χ1n) is 12.0. The monoisotopic (exact) mass is 514 g/mol. The number of hydrogen-bond acceptors (Lipinski definition) is 7. The number of benzene rings is 2. The molecular formula is C25H30N4O4S2. The fourth-order valence-corrected chi connectivity index (χ4v) is 7.56. The van der Waals surface area contributed by atoms with Crippen molar-refractivity contribution in [3.63, 3.8) is 0 Å². The summed E-state index contributed by atoms with van der Waals surface area (Å²) in [5.74, 6) is 0.685. The van der Waals surface area contributed by atoms with Crippen LogP contribution in [0.25, 0.3) is 10.2 Å². The first-order chi connectivity index (χ1) is 16.9. The van der Waals surface area contributed by atoms with Crippen LogP contribution in [0.15, 0.2) is 47.4 Å². The Morgan fingerprint density at radius 2 is 1.77 bits per heavy atom. The van der Waals surface area contributed by atoms with Crippen molar-refractivity contribution in [3.05, 3.63) is 48.0 Å². The molecule has 3 aromatic rings. The molecule has 2 aromatic carbocycles. The predicted octanol–water partition coefficient (Wildman–Crippen LogP) is 3.83. The molecule has 2 aliphatic heterocycles. The van der Waals surface area contributed by atoms with Gasteiger partial charge in [0, 0.05) is 44.3 Å². The number of anilines is 1. The first kappa shape index (κ1) is 24.0. The molecule has 10 heteroatoms. The van der Waals surface area contributed by atoms with Gasteiger partial charge in [-0.25, -0.2) is 13.4 Å². The molecule has 1 atom stereocenters. The lowest BCUT2D eigenvalue weighted by Gasteiger charge is -2.34. The lowest BCUT2D eigenvalue weighted by Crippen LogP contribution is -2.48. The van der Waals surface area contributed by atoms with Gasteiger partial charge in [0.1, 0.15) is 11.3 Å².